The Balaban J connectivity index is 0.00000220. The van der Waals surface area contributed by atoms with Gasteiger partial charge >= 0.3 is 5.97 Å². The molecule has 1 aliphatic rings. The molecule has 0 radical (unpaired) electrons. The highest BCUT2D eigenvalue weighted by Gasteiger charge is 2.21. The number of esters is 1. The number of nitrogens with zero attached hydrogens (tertiary/aromatic N) is 1. The molecule has 0 aliphatic carbocycles. The largest absolute Gasteiger partial charge is 0.461 e. The molecule has 1 amide bonds. The van der Waals surface area contributed by atoms with Crippen LogP contribution in [0.2, 0.25) is 0 Å². The first-order valence-electron chi connectivity index (χ1n) is 6.99. The summed E-state index contributed by atoms with van der Waals surface area (Å²) in [7, 11) is 1.75. The number of hydrogen-bond acceptors (Lipinski definition) is 4. The number of rotatable bonds is 4. The maximum atomic E-state index is 12.1. The van der Waals surface area contributed by atoms with Gasteiger partial charge in [-0.3, -0.25) is 4.79 Å². The molecule has 2 rings (SSSR count). The van der Waals surface area contributed by atoms with E-state index in [4.69, 9.17) is 4.74 Å². The third-order valence-electron chi connectivity index (χ3n) is 3.38. The third kappa shape index (κ3) is 4.47. The molecule has 1 unspecified atom stereocenters. The van der Waals surface area contributed by atoms with Crippen molar-refractivity contribution < 1.29 is 14.3 Å². The van der Waals surface area contributed by atoms with E-state index >= 15 is 0 Å². The van der Waals surface area contributed by atoms with Crippen LogP contribution < -0.4 is 10.6 Å². The van der Waals surface area contributed by atoms with Crippen LogP contribution in [0.25, 0.3) is 0 Å². The second-order valence-electron chi connectivity index (χ2n) is 4.94. The van der Waals surface area contributed by atoms with Gasteiger partial charge in [0.2, 0.25) is 5.91 Å². The number of anilines is 1. The van der Waals surface area contributed by atoms with Gasteiger partial charge in [-0.2, -0.15) is 0 Å². The maximum absolute atomic E-state index is 12.1. The summed E-state index contributed by atoms with van der Waals surface area (Å²) in [6.07, 6.45) is 4.74. The number of aryl methyl sites for hydroxylation is 1. The fourth-order valence-electron chi connectivity index (χ4n) is 2.35. The first-order chi connectivity index (χ1) is 9.61. The highest BCUT2D eigenvalue weighted by atomic mass is 35.5. The van der Waals surface area contributed by atoms with Crippen LogP contribution in [0.5, 0.6) is 0 Å². The van der Waals surface area contributed by atoms with Crippen molar-refractivity contribution in [3.63, 3.8) is 0 Å². The average Bonchev–Trinajstić information content (AvgIpc) is 2.81. The van der Waals surface area contributed by atoms with Crippen LogP contribution in [-0.2, 0) is 16.6 Å². The van der Waals surface area contributed by atoms with Gasteiger partial charge in [-0.15, -0.1) is 12.4 Å². The zero-order chi connectivity index (χ0) is 14.5. The number of aromatic nitrogens is 1. The Hall–Kier alpha value is -1.53. The van der Waals surface area contributed by atoms with E-state index in [2.05, 4.69) is 10.6 Å². The molecule has 1 saturated heterocycles. The first kappa shape index (κ1) is 17.5. The molecule has 7 heteroatoms. The molecule has 118 valence electrons. The molecule has 6 nitrogen and oxygen atoms in total. The van der Waals surface area contributed by atoms with Gasteiger partial charge in [0.1, 0.15) is 5.69 Å². The number of carbonyl (C=O) groups excluding carboxylic acids is 2. The quantitative estimate of drug-likeness (QED) is 0.830. The molecular weight excluding hydrogens is 294 g/mol. The molecule has 0 spiro atoms. The van der Waals surface area contributed by atoms with Crippen molar-refractivity contribution >= 4 is 30.0 Å². The van der Waals surface area contributed by atoms with Crippen LogP contribution in [0, 0.1) is 0 Å². The second-order valence-corrected chi connectivity index (χ2v) is 4.94. The van der Waals surface area contributed by atoms with Crippen molar-refractivity contribution in [2.45, 2.75) is 32.2 Å². The van der Waals surface area contributed by atoms with E-state index in [0.717, 1.165) is 25.8 Å². The van der Waals surface area contributed by atoms with Gasteiger partial charge in [0.15, 0.2) is 0 Å². The minimum atomic E-state index is -0.383. The Kier molecular flexibility index (Phi) is 6.71. The molecule has 1 aromatic heterocycles. The third-order valence-corrected chi connectivity index (χ3v) is 3.38. The van der Waals surface area contributed by atoms with Gasteiger partial charge in [0, 0.05) is 13.2 Å². The van der Waals surface area contributed by atoms with E-state index in [1.54, 1.807) is 30.8 Å². The van der Waals surface area contributed by atoms with Gasteiger partial charge in [-0.05, 0) is 32.4 Å². The summed E-state index contributed by atoms with van der Waals surface area (Å²) in [6, 6.07) is 1.49. The summed E-state index contributed by atoms with van der Waals surface area (Å²) in [5.41, 5.74) is 1.05. The highest BCUT2D eigenvalue weighted by molar-refractivity contribution is 5.96. The van der Waals surface area contributed by atoms with Crippen LogP contribution in [0.1, 0.15) is 36.7 Å². The summed E-state index contributed by atoms with van der Waals surface area (Å²) >= 11 is 0. The monoisotopic (exact) mass is 315 g/mol. The highest BCUT2D eigenvalue weighted by Crippen LogP contribution is 2.15. The molecule has 0 bridgehead atoms. The lowest BCUT2D eigenvalue weighted by Gasteiger charge is -2.22. The Morgan fingerprint density at radius 1 is 1.48 bits per heavy atom. The van der Waals surface area contributed by atoms with Gasteiger partial charge in [-0.25, -0.2) is 4.79 Å². The van der Waals surface area contributed by atoms with Crippen molar-refractivity contribution in [3.8, 4) is 0 Å². The topological polar surface area (TPSA) is 72.4 Å². The summed E-state index contributed by atoms with van der Waals surface area (Å²) < 4.78 is 6.61. The predicted octanol–water partition coefficient (Wildman–Crippen LogP) is 1.70. The van der Waals surface area contributed by atoms with Gasteiger partial charge in [0.25, 0.3) is 0 Å². The number of amides is 1. The fraction of sp³-hybridized carbons (Fsp3) is 0.571. The summed E-state index contributed by atoms with van der Waals surface area (Å²) in [5, 5.41) is 6.03. The average molecular weight is 316 g/mol. The number of halogens is 1. The molecule has 1 atom stereocenters. The van der Waals surface area contributed by atoms with Crippen LogP contribution in [0.15, 0.2) is 12.3 Å². The van der Waals surface area contributed by atoms with Crippen molar-refractivity contribution in [1.82, 2.24) is 9.88 Å². The molecule has 1 aromatic rings. The minimum absolute atomic E-state index is 0. The van der Waals surface area contributed by atoms with Crippen molar-refractivity contribution in [2.24, 2.45) is 7.05 Å². The normalized spacial score (nSPS) is 17.7. The van der Waals surface area contributed by atoms with Gasteiger partial charge in [0.05, 0.1) is 18.3 Å². The van der Waals surface area contributed by atoms with Crippen molar-refractivity contribution in [1.29, 1.82) is 0 Å². The molecule has 21 heavy (non-hydrogen) atoms. The summed E-state index contributed by atoms with van der Waals surface area (Å²) in [4.78, 5) is 23.8. The predicted molar refractivity (Wildman–Crippen MR) is 82.9 cm³/mol. The van der Waals surface area contributed by atoms with Gasteiger partial charge in [-0.1, -0.05) is 6.42 Å². The zero-order valence-electron chi connectivity index (χ0n) is 12.3. The zero-order valence-corrected chi connectivity index (χ0v) is 13.2. The van der Waals surface area contributed by atoms with E-state index in [1.165, 1.54) is 0 Å². The second kappa shape index (κ2) is 8.05. The lowest BCUT2D eigenvalue weighted by molar-refractivity contribution is -0.118. The molecule has 2 heterocycles. The minimum Gasteiger partial charge on any atom is -0.461 e. The number of nitrogens with one attached hydrogen (secondary N) is 2. The van der Waals surface area contributed by atoms with E-state index in [1.807, 2.05) is 0 Å². The lowest BCUT2D eigenvalue weighted by Crippen LogP contribution is -2.43. The molecular formula is C14H22ClN3O3. The number of piperidine rings is 1. The lowest BCUT2D eigenvalue weighted by atomic mass is 10.0. The van der Waals surface area contributed by atoms with Gasteiger partial charge < -0.3 is 19.9 Å². The van der Waals surface area contributed by atoms with Crippen LogP contribution in [0.3, 0.4) is 0 Å². The van der Waals surface area contributed by atoms with Crippen LogP contribution in [0.4, 0.5) is 5.69 Å². The smallest absolute Gasteiger partial charge is 0.355 e. The summed E-state index contributed by atoms with van der Waals surface area (Å²) in [5.74, 6) is -0.433. The van der Waals surface area contributed by atoms with Crippen molar-refractivity contribution in [3.05, 3.63) is 18.0 Å². The fourth-order valence-corrected chi connectivity index (χ4v) is 2.35. The number of ether oxygens (including phenoxy) is 1. The molecule has 1 fully saturated rings. The standard InChI is InChI=1S/C14H21N3O3.ClH/c1-3-20-14(19)12-8-10(9-17(12)2)16-13(18)11-6-4-5-7-15-11;/h8-9,11,15H,3-7H2,1-2H3,(H,16,18);1H. The Morgan fingerprint density at radius 3 is 2.86 bits per heavy atom. The molecule has 0 saturated carbocycles. The summed E-state index contributed by atoms with van der Waals surface area (Å²) in [6.45, 7) is 2.97. The van der Waals surface area contributed by atoms with E-state index < -0.39 is 0 Å². The van der Waals surface area contributed by atoms with E-state index in [9.17, 15) is 9.59 Å². The molecule has 0 aromatic carbocycles. The number of hydrogen-bond donors (Lipinski definition) is 2. The molecule has 1 aliphatic heterocycles. The Labute approximate surface area is 130 Å². The number of carbonyl (C=O) groups is 2. The van der Waals surface area contributed by atoms with E-state index in [0.29, 0.717) is 18.0 Å². The van der Waals surface area contributed by atoms with Crippen LogP contribution in [-0.4, -0.2) is 35.6 Å². The van der Waals surface area contributed by atoms with Crippen molar-refractivity contribution in [2.75, 3.05) is 18.5 Å². The Morgan fingerprint density at radius 2 is 2.24 bits per heavy atom. The maximum Gasteiger partial charge on any atom is 0.355 e. The van der Waals surface area contributed by atoms with Crippen LogP contribution >= 0.6 is 12.4 Å². The SMILES string of the molecule is CCOC(=O)c1cc(NC(=O)C2CCCCN2)cn1C.Cl. The Bertz CT molecular complexity index is 496. The molecule has 2 N–H and O–H groups in total. The first-order valence-corrected chi connectivity index (χ1v) is 6.99. The van der Waals surface area contributed by atoms with E-state index in [-0.39, 0.29) is 30.3 Å².